The summed E-state index contributed by atoms with van der Waals surface area (Å²) in [7, 11) is 0. The minimum atomic E-state index is -0.861. The molecule has 1 unspecified atom stereocenters. The Kier molecular flexibility index (Phi) is 5.57. The molecule has 106 valence electrons. The second-order valence-electron chi connectivity index (χ2n) is 4.66. The quantitative estimate of drug-likeness (QED) is 0.632. The van der Waals surface area contributed by atoms with Crippen molar-refractivity contribution in [3.63, 3.8) is 0 Å². The topological polar surface area (TPSA) is 97.4 Å². The lowest BCUT2D eigenvalue weighted by molar-refractivity contribution is -0.126. The van der Waals surface area contributed by atoms with Crippen LogP contribution in [0.2, 0.25) is 0 Å². The van der Waals surface area contributed by atoms with Crippen LogP contribution in [0.15, 0.2) is 22.8 Å². The lowest BCUT2D eigenvalue weighted by Gasteiger charge is -2.22. The van der Waals surface area contributed by atoms with E-state index in [1.165, 1.54) is 6.26 Å². The van der Waals surface area contributed by atoms with Gasteiger partial charge in [0, 0.05) is 13.1 Å². The second kappa shape index (κ2) is 6.94. The van der Waals surface area contributed by atoms with Crippen molar-refractivity contribution in [3.8, 4) is 0 Å². The molecule has 0 aliphatic heterocycles. The summed E-state index contributed by atoms with van der Waals surface area (Å²) in [6.07, 6.45) is 2.90. The third-order valence-corrected chi connectivity index (χ3v) is 2.73. The van der Waals surface area contributed by atoms with Crippen LogP contribution in [0.25, 0.3) is 0 Å². The van der Waals surface area contributed by atoms with Crippen molar-refractivity contribution < 1.29 is 14.0 Å². The highest BCUT2D eigenvalue weighted by molar-refractivity contribution is 5.91. The fourth-order valence-corrected chi connectivity index (χ4v) is 1.68. The molecule has 1 aromatic rings. The van der Waals surface area contributed by atoms with E-state index in [2.05, 4.69) is 10.6 Å². The Balaban J connectivity index is 2.24. The summed E-state index contributed by atoms with van der Waals surface area (Å²) < 4.78 is 4.94. The molecule has 0 radical (unpaired) electrons. The Morgan fingerprint density at radius 2 is 2.05 bits per heavy atom. The molecule has 1 rings (SSSR count). The van der Waals surface area contributed by atoms with E-state index in [9.17, 15) is 9.59 Å². The number of hydrogen-bond donors (Lipinski definition) is 3. The van der Waals surface area contributed by atoms with Crippen LogP contribution in [0.4, 0.5) is 0 Å². The SMILES string of the molecule is CCCC(C)(N)C(=O)NCCNC(=O)c1ccco1. The van der Waals surface area contributed by atoms with Gasteiger partial charge in [0.2, 0.25) is 5.91 Å². The standard InChI is InChI=1S/C13H21N3O3/c1-3-6-13(2,14)12(18)16-8-7-15-11(17)10-5-4-9-19-10/h4-5,9H,3,6-8,14H2,1-2H3,(H,15,17)(H,16,18). The fourth-order valence-electron chi connectivity index (χ4n) is 1.68. The van der Waals surface area contributed by atoms with Crippen LogP contribution in [0, 0.1) is 0 Å². The number of hydrogen-bond acceptors (Lipinski definition) is 4. The first-order valence-electron chi connectivity index (χ1n) is 6.36. The molecule has 6 heteroatoms. The molecule has 0 aliphatic carbocycles. The zero-order chi connectivity index (χ0) is 14.3. The second-order valence-corrected chi connectivity index (χ2v) is 4.66. The highest BCUT2D eigenvalue weighted by Crippen LogP contribution is 2.07. The van der Waals surface area contributed by atoms with Crippen LogP contribution in [-0.4, -0.2) is 30.4 Å². The van der Waals surface area contributed by atoms with E-state index in [1.54, 1.807) is 19.1 Å². The Labute approximate surface area is 112 Å². The van der Waals surface area contributed by atoms with Crippen molar-refractivity contribution in [3.05, 3.63) is 24.2 Å². The molecule has 0 fully saturated rings. The normalized spacial score (nSPS) is 13.6. The van der Waals surface area contributed by atoms with Gasteiger partial charge in [-0.15, -0.1) is 0 Å². The highest BCUT2D eigenvalue weighted by Gasteiger charge is 2.26. The Morgan fingerprint density at radius 3 is 2.63 bits per heavy atom. The first kappa shape index (κ1) is 15.2. The minimum absolute atomic E-state index is 0.207. The number of nitrogens with one attached hydrogen (secondary N) is 2. The van der Waals surface area contributed by atoms with Gasteiger partial charge in [-0.2, -0.15) is 0 Å². The third-order valence-electron chi connectivity index (χ3n) is 2.73. The first-order valence-corrected chi connectivity index (χ1v) is 6.36. The molecule has 19 heavy (non-hydrogen) atoms. The van der Waals surface area contributed by atoms with Gasteiger partial charge in [-0.1, -0.05) is 13.3 Å². The summed E-state index contributed by atoms with van der Waals surface area (Å²) in [5.74, 6) is -0.258. The third kappa shape index (κ3) is 4.75. The van der Waals surface area contributed by atoms with E-state index in [-0.39, 0.29) is 17.6 Å². The summed E-state index contributed by atoms with van der Waals surface area (Å²) in [5.41, 5.74) is 5.01. The van der Waals surface area contributed by atoms with Gasteiger partial charge in [-0.05, 0) is 25.5 Å². The monoisotopic (exact) mass is 267 g/mol. The molecule has 0 bridgehead atoms. The van der Waals surface area contributed by atoms with Crippen molar-refractivity contribution in [1.82, 2.24) is 10.6 Å². The molecule has 0 aliphatic rings. The zero-order valence-corrected chi connectivity index (χ0v) is 11.4. The maximum absolute atomic E-state index is 11.8. The molecule has 0 saturated heterocycles. The van der Waals surface area contributed by atoms with E-state index in [4.69, 9.17) is 10.2 Å². The molecular weight excluding hydrogens is 246 g/mol. The first-order chi connectivity index (χ1) is 8.97. The summed E-state index contributed by atoms with van der Waals surface area (Å²) in [5, 5.41) is 5.33. The van der Waals surface area contributed by atoms with Crippen molar-refractivity contribution in [2.45, 2.75) is 32.2 Å². The van der Waals surface area contributed by atoms with Gasteiger partial charge in [-0.25, -0.2) is 0 Å². The molecule has 2 amide bonds. The fraction of sp³-hybridized carbons (Fsp3) is 0.538. The Bertz CT molecular complexity index is 413. The lowest BCUT2D eigenvalue weighted by Crippen LogP contribution is -2.52. The molecule has 4 N–H and O–H groups in total. The lowest BCUT2D eigenvalue weighted by atomic mass is 9.97. The average molecular weight is 267 g/mol. The predicted molar refractivity (Wildman–Crippen MR) is 71.6 cm³/mol. The smallest absolute Gasteiger partial charge is 0.287 e. The zero-order valence-electron chi connectivity index (χ0n) is 11.4. The van der Waals surface area contributed by atoms with Crippen LogP contribution in [0.1, 0.15) is 37.2 Å². The number of rotatable bonds is 7. The minimum Gasteiger partial charge on any atom is -0.459 e. The summed E-state index contributed by atoms with van der Waals surface area (Å²) >= 11 is 0. The van der Waals surface area contributed by atoms with E-state index in [0.29, 0.717) is 19.5 Å². The van der Waals surface area contributed by atoms with Crippen LogP contribution < -0.4 is 16.4 Å². The van der Waals surface area contributed by atoms with Crippen LogP contribution >= 0.6 is 0 Å². The maximum Gasteiger partial charge on any atom is 0.287 e. The molecule has 0 aromatic carbocycles. The largest absolute Gasteiger partial charge is 0.459 e. The molecule has 0 saturated carbocycles. The van der Waals surface area contributed by atoms with Gasteiger partial charge in [-0.3, -0.25) is 9.59 Å². The average Bonchev–Trinajstić information content (AvgIpc) is 2.87. The van der Waals surface area contributed by atoms with Gasteiger partial charge in [0.15, 0.2) is 5.76 Å². The molecule has 6 nitrogen and oxygen atoms in total. The molecule has 0 spiro atoms. The summed E-state index contributed by atoms with van der Waals surface area (Å²) in [4.78, 5) is 23.3. The van der Waals surface area contributed by atoms with E-state index in [1.807, 2.05) is 6.92 Å². The van der Waals surface area contributed by atoms with Crippen molar-refractivity contribution >= 4 is 11.8 Å². The Morgan fingerprint density at radius 1 is 1.37 bits per heavy atom. The van der Waals surface area contributed by atoms with Gasteiger partial charge >= 0.3 is 0 Å². The van der Waals surface area contributed by atoms with Gasteiger partial charge < -0.3 is 20.8 Å². The predicted octanol–water partition coefficient (Wildman–Crippen LogP) is 0.643. The van der Waals surface area contributed by atoms with Gasteiger partial charge in [0.1, 0.15) is 0 Å². The van der Waals surface area contributed by atoms with Crippen molar-refractivity contribution in [2.24, 2.45) is 5.73 Å². The number of carbonyl (C=O) groups excluding carboxylic acids is 2. The van der Waals surface area contributed by atoms with E-state index >= 15 is 0 Å². The number of carbonyl (C=O) groups is 2. The van der Waals surface area contributed by atoms with Gasteiger partial charge in [0.25, 0.3) is 5.91 Å². The molecule has 1 atom stereocenters. The highest BCUT2D eigenvalue weighted by atomic mass is 16.3. The van der Waals surface area contributed by atoms with E-state index in [0.717, 1.165) is 6.42 Å². The van der Waals surface area contributed by atoms with Crippen LogP contribution in [0.3, 0.4) is 0 Å². The summed E-state index contributed by atoms with van der Waals surface area (Å²) in [6, 6.07) is 3.22. The van der Waals surface area contributed by atoms with Crippen LogP contribution in [-0.2, 0) is 4.79 Å². The molecular formula is C13H21N3O3. The molecule has 1 aromatic heterocycles. The number of amides is 2. The Hall–Kier alpha value is -1.82. The van der Waals surface area contributed by atoms with Crippen molar-refractivity contribution in [1.29, 1.82) is 0 Å². The number of furan rings is 1. The van der Waals surface area contributed by atoms with Crippen molar-refractivity contribution in [2.75, 3.05) is 13.1 Å². The summed E-state index contributed by atoms with van der Waals surface area (Å²) in [6.45, 7) is 4.34. The van der Waals surface area contributed by atoms with E-state index < -0.39 is 5.54 Å². The molecule has 1 heterocycles. The maximum atomic E-state index is 11.8. The van der Waals surface area contributed by atoms with Gasteiger partial charge in [0.05, 0.1) is 11.8 Å². The number of nitrogens with two attached hydrogens (primary N) is 1. The van der Waals surface area contributed by atoms with Crippen LogP contribution in [0.5, 0.6) is 0 Å².